The zero-order chi connectivity index (χ0) is 14.2. The molecule has 3 heteroatoms. The third-order valence-corrected chi connectivity index (χ3v) is 4.86. The zero-order valence-electron chi connectivity index (χ0n) is 13.2. The molecule has 0 bridgehead atoms. The molecular weight excluding hydrogens is 248 g/mol. The van der Waals surface area contributed by atoms with E-state index < -0.39 is 0 Å². The molecule has 116 valence electrons. The van der Waals surface area contributed by atoms with E-state index in [1.165, 1.54) is 44.9 Å². The number of amides is 1. The SMILES string of the molecule is CCCN(CC1CCCN1)C(=O)C1CCCCCCC1. The molecule has 0 radical (unpaired) electrons. The van der Waals surface area contributed by atoms with E-state index in [1.807, 2.05) is 0 Å². The van der Waals surface area contributed by atoms with Gasteiger partial charge in [-0.25, -0.2) is 0 Å². The molecule has 0 aromatic carbocycles. The van der Waals surface area contributed by atoms with Crippen molar-refractivity contribution in [3.63, 3.8) is 0 Å². The van der Waals surface area contributed by atoms with Gasteiger partial charge in [0.25, 0.3) is 0 Å². The highest BCUT2D eigenvalue weighted by atomic mass is 16.2. The average Bonchev–Trinajstić information content (AvgIpc) is 2.90. The number of nitrogens with zero attached hydrogens (tertiary/aromatic N) is 1. The van der Waals surface area contributed by atoms with Gasteiger partial charge in [0.2, 0.25) is 5.91 Å². The fourth-order valence-electron chi connectivity index (χ4n) is 3.70. The monoisotopic (exact) mass is 280 g/mol. The van der Waals surface area contributed by atoms with Crippen molar-refractivity contribution in [1.82, 2.24) is 10.2 Å². The van der Waals surface area contributed by atoms with Crippen molar-refractivity contribution < 1.29 is 4.79 Å². The molecule has 2 fully saturated rings. The fourth-order valence-corrected chi connectivity index (χ4v) is 3.70. The highest BCUT2D eigenvalue weighted by Crippen LogP contribution is 2.24. The molecule has 1 saturated carbocycles. The van der Waals surface area contributed by atoms with Gasteiger partial charge in [-0.2, -0.15) is 0 Å². The van der Waals surface area contributed by atoms with E-state index in [0.717, 1.165) is 38.9 Å². The summed E-state index contributed by atoms with van der Waals surface area (Å²) in [7, 11) is 0. The van der Waals surface area contributed by atoms with Crippen LogP contribution in [0.3, 0.4) is 0 Å². The standard InChI is InChI=1S/C17H32N2O/c1-2-13-19(14-16-11-8-12-18-16)17(20)15-9-6-4-3-5-7-10-15/h15-16,18H,2-14H2,1H3. The molecule has 3 nitrogen and oxygen atoms in total. The maximum Gasteiger partial charge on any atom is 0.225 e. The van der Waals surface area contributed by atoms with Crippen LogP contribution in [0.1, 0.15) is 71.1 Å². The first-order chi connectivity index (χ1) is 9.81. The van der Waals surface area contributed by atoms with Gasteiger partial charge >= 0.3 is 0 Å². The van der Waals surface area contributed by atoms with Gasteiger partial charge in [-0.3, -0.25) is 4.79 Å². The summed E-state index contributed by atoms with van der Waals surface area (Å²) in [5.41, 5.74) is 0. The summed E-state index contributed by atoms with van der Waals surface area (Å²) in [6.45, 7) is 5.18. The van der Waals surface area contributed by atoms with E-state index in [9.17, 15) is 4.79 Å². The van der Waals surface area contributed by atoms with Gasteiger partial charge < -0.3 is 10.2 Å². The predicted molar refractivity (Wildman–Crippen MR) is 83.7 cm³/mol. The Kier molecular flexibility index (Phi) is 6.85. The van der Waals surface area contributed by atoms with Gasteiger partial charge in [-0.1, -0.05) is 39.0 Å². The maximum absolute atomic E-state index is 12.8. The van der Waals surface area contributed by atoms with Crippen molar-refractivity contribution in [2.24, 2.45) is 5.92 Å². The van der Waals surface area contributed by atoms with Crippen molar-refractivity contribution in [3.05, 3.63) is 0 Å². The smallest absolute Gasteiger partial charge is 0.225 e. The minimum absolute atomic E-state index is 0.309. The molecular formula is C17H32N2O. The molecule has 1 aliphatic carbocycles. The highest BCUT2D eigenvalue weighted by molar-refractivity contribution is 5.78. The number of carbonyl (C=O) groups is 1. The van der Waals surface area contributed by atoms with E-state index in [0.29, 0.717) is 17.9 Å². The van der Waals surface area contributed by atoms with E-state index in [1.54, 1.807) is 0 Å². The first-order valence-electron chi connectivity index (χ1n) is 8.83. The second-order valence-electron chi connectivity index (χ2n) is 6.62. The number of rotatable bonds is 5. The van der Waals surface area contributed by atoms with Crippen LogP contribution in [0.25, 0.3) is 0 Å². The summed E-state index contributed by atoms with van der Waals surface area (Å²) in [6, 6.07) is 0.541. The van der Waals surface area contributed by atoms with Crippen molar-refractivity contribution in [1.29, 1.82) is 0 Å². The molecule has 20 heavy (non-hydrogen) atoms. The Bertz CT molecular complexity index is 279. The van der Waals surface area contributed by atoms with Gasteiger partial charge in [0, 0.05) is 25.0 Å². The Labute approximate surface area is 124 Å². The normalized spacial score (nSPS) is 25.1. The molecule has 0 aromatic rings. The van der Waals surface area contributed by atoms with E-state index in [-0.39, 0.29) is 0 Å². The Morgan fingerprint density at radius 2 is 1.75 bits per heavy atom. The Morgan fingerprint density at radius 1 is 1.05 bits per heavy atom. The van der Waals surface area contributed by atoms with Crippen LogP contribution in [-0.2, 0) is 4.79 Å². The molecule has 0 spiro atoms. The lowest BCUT2D eigenvalue weighted by atomic mass is 9.90. The van der Waals surface area contributed by atoms with Gasteiger partial charge in [0.1, 0.15) is 0 Å². The van der Waals surface area contributed by atoms with Crippen LogP contribution in [-0.4, -0.2) is 36.5 Å². The van der Waals surface area contributed by atoms with Crippen molar-refractivity contribution in [3.8, 4) is 0 Å². The molecule has 1 heterocycles. The second-order valence-corrected chi connectivity index (χ2v) is 6.62. The van der Waals surface area contributed by atoms with Crippen LogP contribution in [0, 0.1) is 5.92 Å². The Morgan fingerprint density at radius 3 is 2.35 bits per heavy atom. The third-order valence-electron chi connectivity index (χ3n) is 4.86. The molecule has 1 unspecified atom stereocenters. The lowest BCUT2D eigenvalue weighted by Gasteiger charge is -2.30. The summed E-state index contributed by atoms with van der Waals surface area (Å²) < 4.78 is 0. The van der Waals surface area contributed by atoms with Crippen molar-refractivity contribution in [2.45, 2.75) is 77.2 Å². The minimum atomic E-state index is 0.309. The maximum atomic E-state index is 12.8. The quantitative estimate of drug-likeness (QED) is 0.837. The lowest BCUT2D eigenvalue weighted by molar-refractivity contribution is -0.136. The highest BCUT2D eigenvalue weighted by Gasteiger charge is 2.26. The summed E-state index contributed by atoms with van der Waals surface area (Å²) >= 11 is 0. The number of hydrogen-bond acceptors (Lipinski definition) is 2. The molecule has 1 atom stereocenters. The topological polar surface area (TPSA) is 32.3 Å². The summed E-state index contributed by atoms with van der Waals surface area (Å²) in [4.78, 5) is 15.0. The molecule has 1 saturated heterocycles. The summed E-state index contributed by atoms with van der Waals surface area (Å²) in [5, 5.41) is 3.53. The van der Waals surface area contributed by atoms with Crippen LogP contribution in [0.15, 0.2) is 0 Å². The van der Waals surface area contributed by atoms with Crippen LogP contribution in [0.5, 0.6) is 0 Å². The molecule has 1 amide bonds. The van der Waals surface area contributed by atoms with E-state index in [2.05, 4.69) is 17.1 Å². The third kappa shape index (κ3) is 4.76. The summed E-state index contributed by atoms with van der Waals surface area (Å²) in [6.07, 6.45) is 12.3. The van der Waals surface area contributed by atoms with Crippen LogP contribution in [0.2, 0.25) is 0 Å². The Balaban J connectivity index is 1.89. The van der Waals surface area contributed by atoms with E-state index >= 15 is 0 Å². The first kappa shape index (κ1) is 15.8. The molecule has 1 aliphatic heterocycles. The van der Waals surface area contributed by atoms with Gasteiger partial charge in [-0.15, -0.1) is 0 Å². The second kappa shape index (κ2) is 8.66. The predicted octanol–water partition coefficient (Wildman–Crippen LogP) is 3.34. The molecule has 0 aromatic heterocycles. The number of carbonyl (C=O) groups excluding carboxylic acids is 1. The van der Waals surface area contributed by atoms with E-state index in [4.69, 9.17) is 0 Å². The fraction of sp³-hybridized carbons (Fsp3) is 0.941. The lowest BCUT2D eigenvalue weighted by Crippen LogP contribution is -2.44. The number of nitrogens with one attached hydrogen (secondary N) is 1. The van der Waals surface area contributed by atoms with Crippen molar-refractivity contribution >= 4 is 5.91 Å². The molecule has 2 rings (SSSR count). The Hall–Kier alpha value is -0.570. The van der Waals surface area contributed by atoms with Crippen LogP contribution in [0.4, 0.5) is 0 Å². The van der Waals surface area contributed by atoms with Gasteiger partial charge in [0.15, 0.2) is 0 Å². The number of hydrogen-bond donors (Lipinski definition) is 1. The molecule has 1 N–H and O–H groups in total. The van der Waals surface area contributed by atoms with Crippen LogP contribution < -0.4 is 5.32 Å². The van der Waals surface area contributed by atoms with Gasteiger partial charge in [-0.05, 0) is 38.6 Å². The van der Waals surface area contributed by atoms with Crippen molar-refractivity contribution in [2.75, 3.05) is 19.6 Å². The molecule has 2 aliphatic rings. The minimum Gasteiger partial charge on any atom is -0.341 e. The average molecular weight is 280 g/mol. The van der Waals surface area contributed by atoms with Crippen LogP contribution >= 0.6 is 0 Å². The summed E-state index contributed by atoms with van der Waals surface area (Å²) in [5.74, 6) is 0.755. The van der Waals surface area contributed by atoms with Gasteiger partial charge in [0.05, 0.1) is 0 Å². The zero-order valence-corrected chi connectivity index (χ0v) is 13.2. The first-order valence-corrected chi connectivity index (χ1v) is 8.83. The largest absolute Gasteiger partial charge is 0.341 e.